The topological polar surface area (TPSA) is 154 Å². The molecule has 0 saturated heterocycles. The van der Waals surface area contributed by atoms with Crippen LogP contribution in [0, 0.1) is 22.1 Å². The highest BCUT2D eigenvalue weighted by molar-refractivity contribution is 5.86. The lowest BCUT2D eigenvalue weighted by molar-refractivity contribution is -1.92. The molecule has 0 aliphatic carbocycles. The largest absolute Gasteiger partial charge is 0.323 e. The zero-order chi connectivity index (χ0) is 30.0. The van der Waals surface area contributed by atoms with E-state index >= 15 is 0 Å². The Morgan fingerprint density at radius 3 is 1.38 bits per heavy atom. The van der Waals surface area contributed by atoms with E-state index in [0.29, 0.717) is 0 Å². The molecule has 13 heteroatoms. The van der Waals surface area contributed by atoms with Crippen molar-refractivity contribution >= 4 is 45.3 Å². The van der Waals surface area contributed by atoms with Gasteiger partial charge >= 0.3 is 0 Å². The number of rotatable bonds is 4. The smallest absolute Gasteiger partial charge is 0.178 e. The van der Waals surface area contributed by atoms with E-state index in [1.165, 1.54) is 0 Å². The fraction of sp³-hybridized carbons (Fsp3) is 0.310. The van der Waals surface area contributed by atoms with Crippen LogP contribution >= 0.6 is 0 Å². The Hall–Kier alpha value is -4.25. The van der Waals surface area contributed by atoms with Gasteiger partial charge in [-0.25, -0.2) is 19.9 Å². The first-order valence-electron chi connectivity index (χ1n) is 13.6. The van der Waals surface area contributed by atoms with Crippen LogP contribution in [-0.2, 0) is 0 Å². The summed E-state index contributed by atoms with van der Waals surface area (Å²) in [5, 5.41) is 0. The van der Waals surface area contributed by atoms with Gasteiger partial charge in [0.2, 0.25) is 0 Å². The highest BCUT2D eigenvalue weighted by Gasteiger charge is 2.36. The first-order chi connectivity index (χ1) is 20.2. The first-order valence-corrected chi connectivity index (χ1v) is 14.9. The van der Waals surface area contributed by atoms with Crippen molar-refractivity contribution in [2.45, 2.75) is 33.9 Å². The van der Waals surface area contributed by atoms with Crippen molar-refractivity contribution in [1.82, 2.24) is 19.9 Å². The summed E-state index contributed by atoms with van der Waals surface area (Å²) in [5.74, 6) is 11.5. The molecule has 0 saturated carbocycles. The number of aromatic nitrogens is 4. The Bertz CT molecular complexity index is 1590. The molecule has 2 aliphatic rings. The molecule has 0 atom stereocenters. The Labute approximate surface area is 245 Å². The maximum atomic E-state index is 8.60. The number of nitrogens with zero attached hydrogens (tertiary/aromatic N) is 8. The van der Waals surface area contributed by atoms with Crippen LogP contribution < -0.4 is 33.6 Å². The molecule has 0 spiro atoms. The summed E-state index contributed by atoms with van der Waals surface area (Å²) in [7, 11) is -4.69. The van der Waals surface area contributed by atoms with Gasteiger partial charge in [0.1, 0.15) is 5.82 Å². The van der Waals surface area contributed by atoms with Crippen molar-refractivity contribution in [1.29, 1.82) is 0 Å². The summed E-state index contributed by atoms with van der Waals surface area (Å²) < 4.78 is 32.7. The minimum Gasteiger partial charge on any atom is -0.323 e. The van der Waals surface area contributed by atoms with Gasteiger partial charge in [0.25, 0.3) is 0 Å². The van der Waals surface area contributed by atoms with Gasteiger partial charge in [-0.3, -0.25) is 0 Å². The molecule has 2 aromatic heterocycles. The second-order valence-corrected chi connectivity index (χ2v) is 10.1. The molecule has 12 nitrogen and oxygen atoms in total. The first kappa shape index (κ1) is 29.2. The molecule has 2 aliphatic heterocycles. The molecule has 4 heterocycles. The number of benzene rings is 2. The SMILES string of the molecule is CCN1C(=CC#CC2N(CC)c3nc4ccccc4nc3N2CC)N(CC)c2nc3ccccc3nc21.[O-][Cl+3]([O-])([O-])O. The second-order valence-electron chi connectivity index (χ2n) is 9.34. The van der Waals surface area contributed by atoms with Gasteiger partial charge < -0.3 is 19.6 Å². The number of halogens is 1. The van der Waals surface area contributed by atoms with Gasteiger partial charge in [-0.2, -0.15) is 14.0 Å². The standard InChI is InChI=1S/C29H30N8.ClHO4/c1-5-34-24(35(6-2)27-26(34)30-20-14-9-10-15-21(20)31-27)18-13-19-25-36(7-3)28-29(37(25)8-4)33-23-17-12-11-16-22(23)32-28;2-1(3,4)5/h9-12,14-18,25H,5-8H2,1-4H3;(H,2,3,4,5). The van der Waals surface area contributed by atoms with Crippen molar-refractivity contribution in [3.63, 3.8) is 0 Å². The van der Waals surface area contributed by atoms with Crippen LogP contribution in [0.25, 0.3) is 22.1 Å². The predicted molar refractivity (Wildman–Crippen MR) is 153 cm³/mol. The molecule has 4 aromatic rings. The van der Waals surface area contributed by atoms with E-state index in [0.717, 1.165) is 77.3 Å². The monoisotopic (exact) mass is 590 g/mol. The van der Waals surface area contributed by atoms with Gasteiger partial charge in [-0.05, 0) is 52.0 Å². The third-order valence-corrected chi connectivity index (χ3v) is 7.00. The van der Waals surface area contributed by atoms with Crippen LogP contribution in [0.5, 0.6) is 0 Å². The number of para-hydroxylation sites is 4. The lowest BCUT2D eigenvalue weighted by Gasteiger charge is -2.26. The maximum Gasteiger partial charge on any atom is 0.178 e. The summed E-state index contributed by atoms with van der Waals surface area (Å²) in [6, 6.07) is 16.0. The van der Waals surface area contributed by atoms with Gasteiger partial charge in [0.15, 0.2) is 29.4 Å². The minimum absolute atomic E-state index is 0.133. The highest BCUT2D eigenvalue weighted by Crippen LogP contribution is 2.40. The van der Waals surface area contributed by atoms with E-state index in [1.807, 2.05) is 54.6 Å². The van der Waals surface area contributed by atoms with Crippen LogP contribution in [0.4, 0.5) is 23.3 Å². The molecule has 0 bridgehead atoms. The normalized spacial score (nSPS) is 14.5. The van der Waals surface area contributed by atoms with Crippen molar-refractivity contribution in [3.8, 4) is 11.8 Å². The molecule has 218 valence electrons. The van der Waals surface area contributed by atoms with Crippen molar-refractivity contribution < 1.29 is 28.9 Å². The van der Waals surface area contributed by atoms with E-state index in [1.54, 1.807) is 0 Å². The van der Waals surface area contributed by atoms with Gasteiger partial charge in [-0.1, -0.05) is 36.1 Å². The number of anilines is 4. The Kier molecular flexibility index (Phi) is 8.31. The van der Waals surface area contributed by atoms with Crippen LogP contribution in [0.15, 0.2) is 60.4 Å². The zero-order valence-electron chi connectivity index (χ0n) is 23.7. The maximum absolute atomic E-state index is 8.60. The number of hydrogen-bond acceptors (Lipinski definition) is 12. The van der Waals surface area contributed by atoms with E-state index in [9.17, 15) is 0 Å². The summed E-state index contributed by atoms with van der Waals surface area (Å²) in [6.07, 6.45) is 1.87. The molecule has 42 heavy (non-hydrogen) atoms. The molecule has 2 aromatic carbocycles. The fourth-order valence-electron chi connectivity index (χ4n) is 5.23. The average molecular weight is 591 g/mol. The molecule has 1 N–H and O–H groups in total. The molecule has 0 unspecified atom stereocenters. The van der Waals surface area contributed by atoms with Crippen LogP contribution in [0.3, 0.4) is 0 Å². The minimum atomic E-state index is -4.69. The Balaban J connectivity index is 0.000000652. The van der Waals surface area contributed by atoms with E-state index < -0.39 is 10.2 Å². The lowest BCUT2D eigenvalue weighted by atomic mass is 10.3. The van der Waals surface area contributed by atoms with Crippen LogP contribution in [-0.4, -0.2) is 56.9 Å². The van der Waals surface area contributed by atoms with Crippen LogP contribution in [0.1, 0.15) is 27.7 Å². The molecule has 0 fully saturated rings. The van der Waals surface area contributed by atoms with Crippen molar-refractivity contribution in [2.24, 2.45) is 0 Å². The highest BCUT2D eigenvalue weighted by atomic mass is 35.7. The summed E-state index contributed by atoms with van der Waals surface area (Å²) in [4.78, 5) is 28.7. The van der Waals surface area contributed by atoms with Gasteiger partial charge in [-0.15, -0.1) is 0 Å². The molecular weight excluding hydrogens is 560 g/mol. The third-order valence-electron chi connectivity index (χ3n) is 7.00. The number of hydrogen-bond donors (Lipinski definition) is 1. The fourth-order valence-corrected chi connectivity index (χ4v) is 5.23. The average Bonchev–Trinajstić information content (AvgIpc) is 3.43. The Morgan fingerprint density at radius 2 is 1.05 bits per heavy atom. The predicted octanol–water partition coefficient (Wildman–Crippen LogP) is 0.653. The van der Waals surface area contributed by atoms with Crippen molar-refractivity contribution in [3.05, 3.63) is 60.4 Å². The summed E-state index contributed by atoms with van der Waals surface area (Å²) in [5.41, 5.74) is 3.60. The van der Waals surface area contributed by atoms with E-state index in [4.69, 9.17) is 38.6 Å². The van der Waals surface area contributed by atoms with E-state index in [-0.39, 0.29) is 6.17 Å². The summed E-state index contributed by atoms with van der Waals surface area (Å²) in [6.45, 7) is 11.7. The van der Waals surface area contributed by atoms with Gasteiger partial charge in [0.05, 0.1) is 37.0 Å². The zero-order valence-corrected chi connectivity index (χ0v) is 24.5. The summed E-state index contributed by atoms with van der Waals surface area (Å²) >= 11 is 0. The van der Waals surface area contributed by atoms with Gasteiger partial charge in [0, 0.05) is 32.3 Å². The molecular formula is C29H31ClN8O4. The van der Waals surface area contributed by atoms with Crippen molar-refractivity contribution in [2.75, 3.05) is 45.8 Å². The molecule has 6 rings (SSSR count). The lowest BCUT2D eigenvalue weighted by Crippen LogP contribution is -2.58. The Morgan fingerprint density at radius 1 is 0.690 bits per heavy atom. The third kappa shape index (κ3) is 5.61. The number of fused-ring (bicyclic) bond motifs is 4. The quantitative estimate of drug-likeness (QED) is 0.332. The number of allylic oxidation sites excluding steroid dienone is 1. The second kappa shape index (κ2) is 11.9. The van der Waals surface area contributed by atoms with Crippen LogP contribution in [0.2, 0.25) is 0 Å². The molecule has 0 radical (unpaired) electrons. The molecule has 0 amide bonds. The van der Waals surface area contributed by atoms with E-state index in [2.05, 4.69) is 59.1 Å².